The lowest BCUT2D eigenvalue weighted by Crippen LogP contribution is -2.55. The van der Waals surface area contributed by atoms with E-state index in [2.05, 4.69) is 16.0 Å². The maximum Gasteiger partial charge on any atom is 0.319 e. The summed E-state index contributed by atoms with van der Waals surface area (Å²) in [5, 5.41) is 9.95. The molecule has 0 aromatic heterocycles. The van der Waals surface area contributed by atoms with Crippen LogP contribution in [0.5, 0.6) is 0 Å². The van der Waals surface area contributed by atoms with Crippen molar-refractivity contribution in [3.8, 4) is 0 Å². The van der Waals surface area contributed by atoms with Crippen molar-refractivity contribution in [2.75, 3.05) is 5.32 Å². The normalized spacial score (nSPS) is 24.9. The Morgan fingerprint density at radius 3 is 2.47 bits per heavy atom. The van der Waals surface area contributed by atoms with Crippen LogP contribution >= 0.6 is 0 Å². The predicted octanol–water partition coefficient (Wildman–Crippen LogP) is 5.85. The molecule has 4 rings (SSSR count). The molecule has 5 nitrogen and oxygen atoms in total. The molecular formula is C28H36FN3O2. The van der Waals surface area contributed by atoms with Gasteiger partial charge in [0.2, 0.25) is 0 Å². The molecule has 0 radical (unpaired) electrons. The van der Waals surface area contributed by atoms with Gasteiger partial charge in [-0.15, -0.1) is 0 Å². The zero-order chi connectivity index (χ0) is 23.9. The van der Waals surface area contributed by atoms with Gasteiger partial charge in [-0.1, -0.05) is 49.9 Å². The number of benzene rings is 2. The third kappa shape index (κ3) is 6.89. The second-order valence-corrected chi connectivity index (χ2v) is 9.96. The van der Waals surface area contributed by atoms with E-state index >= 15 is 0 Å². The van der Waals surface area contributed by atoms with Gasteiger partial charge in [-0.2, -0.15) is 0 Å². The van der Waals surface area contributed by atoms with Crippen LogP contribution in [-0.4, -0.2) is 29.9 Å². The van der Waals surface area contributed by atoms with Gasteiger partial charge in [-0.25, -0.2) is 9.18 Å². The van der Waals surface area contributed by atoms with E-state index in [0.717, 1.165) is 38.5 Å². The maximum absolute atomic E-state index is 13.2. The summed E-state index contributed by atoms with van der Waals surface area (Å²) in [7, 11) is 0. The maximum atomic E-state index is 13.2. The summed E-state index contributed by atoms with van der Waals surface area (Å²) in [5.41, 5.74) is 2.42. The van der Waals surface area contributed by atoms with Crippen LogP contribution in [0.2, 0.25) is 0 Å². The number of Topliss-reactive ketones (excluding diaryl/α,β-unsaturated/α-hetero) is 1. The van der Waals surface area contributed by atoms with Gasteiger partial charge in [-0.3, -0.25) is 4.79 Å². The monoisotopic (exact) mass is 465 g/mol. The zero-order valence-electron chi connectivity index (χ0n) is 20.0. The quantitative estimate of drug-likeness (QED) is 0.449. The van der Waals surface area contributed by atoms with Crippen molar-refractivity contribution < 1.29 is 14.0 Å². The molecule has 0 bridgehead atoms. The van der Waals surface area contributed by atoms with Crippen LogP contribution in [0, 0.1) is 11.7 Å². The van der Waals surface area contributed by atoms with Gasteiger partial charge >= 0.3 is 6.03 Å². The minimum atomic E-state index is -0.225. The molecule has 2 aliphatic carbocycles. The molecule has 2 saturated carbocycles. The summed E-state index contributed by atoms with van der Waals surface area (Å²) in [5.74, 6) is 0.396. The highest BCUT2D eigenvalue weighted by molar-refractivity contribution is 5.96. The van der Waals surface area contributed by atoms with E-state index in [1.54, 1.807) is 36.4 Å². The van der Waals surface area contributed by atoms with Crippen LogP contribution in [0.1, 0.15) is 74.2 Å². The Balaban J connectivity index is 1.30. The molecule has 4 atom stereocenters. The molecule has 2 aliphatic rings. The number of amides is 2. The third-order valence-electron chi connectivity index (χ3n) is 7.28. The molecule has 0 spiro atoms. The van der Waals surface area contributed by atoms with Gasteiger partial charge in [-0.05, 0) is 74.8 Å². The van der Waals surface area contributed by atoms with Gasteiger partial charge in [0.15, 0.2) is 5.78 Å². The van der Waals surface area contributed by atoms with Crippen molar-refractivity contribution in [1.82, 2.24) is 10.6 Å². The summed E-state index contributed by atoms with van der Waals surface area (Å²) in [6, 6.07) is 14.5. The first-order valence-electron chi connectivity index (χ1n) is 12.7. The van der Waals surface area contributed by atoms with Gasteiger partial charge in [0.25, 0.3) is 0 Å². The first-order valence-corrected chi connectivity index (χ1v) is 12.7. The van der Waals surface area contributed by atoms with Crippen molar-refractivity contribution in [3.63, 3.8) is 0 Å². The molecule has 2 amide bonds. The molecule has 3 N–H and O–H groups in total. The van der Waals surface area contributed by atoms with Crippen LogP contribution < -0.4 is 16.0 Å². The van der Waals surface area contributed by atoms with E-state index in [4.69, 9.17) is 0 Å². The number of rotatable bonds is 7. The topological polar surface area (TPSA) is 70.2 Å². The molecular weight excluding hydrogens is 429 g/mol. The first-order chi connectivity index (χ1) is 16.5. The standard InChI is InChI=1S/C28H36FN3O2/c1-19(33)22-7-5-9-25(18-22)31-28(34)32-27-11-3-2-10-26(27)30-24-8-4-6-21(17-24)16-20-12-14-23(29)15-13-20/h5,7,9,12-15,18,21,24,26-27,30H,2-4,6,8,10-11,16-17H2,1H3,(H2,31,32,34)/t21-,24-,26-,27-/m1/s1. The van der Waals surface area contributed by atoms with Gasteiger partial charge in [0.05, 0.1) is 0 Å². The number of nitrogens with one attached hydrogen (secondary N) is 3. The molecule has 182 valence electrons. The van der Waals surface area contributed by atoms with Crippen molar-refractivity contribution in [2.24, 2.45) is 5.92 Å². The highest BCUT2D eigenvalue weighted by Gasteiger charge is 2.30. The Morgan fingerprint density at radius 2 is 1.71 bits per heavy atom. The average Bonchev–Trinajstić information content (AvgIpc) is 2.82. The summed E-state index contributed by atoms with van der Waals surface area (Å²) in [4.78, 5) is 24.3. The van der Waals surface area contributed by atoms with Crippen molar-refractivity contribution in [3.05, 3.63) is 65.5 Å². The molecule has 0 unspecified atom stereocenters. The minimum absolute atomic E-state index is 0.0224. The lowest BCUT2D eigenvalue weighted by molar-refractivity contribution is 0.101. The van der Waals surface area contributed by atoms with Crippen molar-refractivity contribution in [2.45, 2.75) is 82.8 Å². The van der Waals surface area contributed by atoms with Crippen molar-refractivity contribution in [1.29, 1.82) is 0 Å². The molecule has 0 saturated heterocycles. The molecule has 34 heavy (non-hydrogen) atoms. The van der Waals surface area contributed by atoms with E-state index < -0.39 is 0 Å². The number of hydrogen-bond acceptors (Lipinski definition) is 3. The van der Waals surface area contributed by atoms with Crippen LogP contribution in [0.3, 0.4) is 0 Å². The molecule has 2 aromatic rings. The number of carbonyl (C=O) groups is 2. The average molecular weight is 466 g/mol. The lowest BCUT2D eigenvalue weighted by Gasteiger charge is -2.38. The number of urea groups is 1. The second kappa shape index (κ2) is 11.6. The van der Waals surface area contributed by atoms with E-state index in [1.165, 1.54) is 31.7 Å². The van der Waals surface area contributed by atoms with E-state index in [1.807, 2.05) is 12.1 Å². The predicted molar refractivity (Wildman–Crippen MR) is 134 cm³/mol. The zero-order valence-corrected chi connectivity index (χ0v) is 20.0. The minimum Gasteiger partial charge on any atom is -0.334 e. The summed E-state index contributed by atoms with van der Waals surface area (Å²) in [6.07, 6.45) is 9.98. The lowest BCUT2D eigenvalue weighted by atomic mass is 9.81. The Kier molecular flexibility index (Phi) is 8.33. The second-order valence-electron chi connectivity index (χ2n) is 9.96. The van der Waals surface area contributed by atoms with Gasteiger partial charge < -0.3 is 16.0 Å². The van der Waals surface area contributed by atoms with Crippen LogP contribution in [0.25, 0.3) is 0 Å². The summed E-state index contributed by atoms with van der Waals surface area (Å²) < 4.78 is 13.2. The summed E-state index contributed by atoms with van der Waals surface area (Å²) >= 11 is 0. The molecule has 6 heteroatoms. The third-order valence-corrected chi connectivity index (χ3v) is 7.28. The SMILES string of the molecule is CC(=O)c1cccc(NC(=O)N[C@@H]2CCCC[C@H]2N[C@@H]2CCC[C@H](Cc3ccc(F)cc3)C2)c1. The molecule has 0 aliphatic heterocycles. The molecule has 0 heterocycles. The Labute approximate surface area is 201 Å². The Bertz CT molecular complexity index is 978. The summed E-state index contributed by atoms with van der Waals surface area (Å²) in [6.45, 7) is 1.52. The van der Waals surface area contributed by atoms with E-state index in [0.29, 0.717) is 23.2 Å². The fourth-order valence-electron chi connectivity index (χ4n) is 5.54. The van der Waals surface area contributed by atoms with Crippen molar-refractivity contribution >= 4 is 17.5 Å². The van der Waals surface area contributed by atoms with Crippen LogP contribution in [0.4, 0.5) is 14.9 Å². The van der Waals surface area contributed by atoms with E-state index in [-0.39, 0.29) is 29.7 Å². The number of halogens is 1. The fraction of sp³-hybridized carbons (Fsp3) is 0.500. The number of carbonyl (C=O) groups excluding carboxylic acids is 2. The molecule has 2 fully saturated rings. The highest BCUT2D eigenvalue weighted by Crippen LogP contribution is 2.29. The van der Waals surface area contributed by atoms with Gasteiger partial charge in [0.1, 0.15) is 5.82 Å². The fourth-order valence-corrected chi connectivity index (χ4v) is 5.54. The Morgan fingerprint density at radius 1 is 0.941 bits per heavy atom. The van der Waals surface area contributed by atoms with E-state index in [9.17, 15) is 14.0 Å². The largest absolute Gasteiger partial charge is 0.334 e. The number of hydrogen-bond donors (Lipinski definition) is 3. The first kappa shape index (κ1) is 24.4. The smallest absolute Gasteiger partial charge is 0.319 e. The number of anilines is 1. The Hall–Kier alpha value is -2.73. The van der Waals surface area contributed by atoms with Crippen LogP contribution in [-0.2, 0) is 6.42 Å². The van der Waals surface area contributed by atoms with Crippen LogP contribution in [0.15, 0.2) is 48.5 Å². The number of ketones is 1. The van der Waals surface area contributed by atoms with Gasteiger partial charge in [0, 0.05) is 29.4 Å². The molecule has 2 aromatic carbocycles. The highest BCUT2D eigenvalue weighted by atomic mass is 19.1.